The van der Waals surface area contributed by atoms with Gasteiger partial charge in [-0.3, -0.25) is 4.79 Å². The lowest BCUT2D eigenvalue weighted by molar-refractivity contribution is 0.102. The molecule has 0 saturated carbocycles. The van der Waals surface area contributed by atoms with E-state index in [1.165, 1.54) is 30.7 Å². The van der Waals surface area contributed by atoms with Crippen molar-refractivity contribution in [2.45, 2.75) is 25.5 Å². The lowest BCUT2D eigenvalue weighted by atomic mass is 9.74. The number of aromatic nitrogens is 1. The Kier molecular flexibility index (Phi) is 6.37. The molecule has 32 heavy (non-hydrogen) atoms. The molecule has 160 valence electrons. The lowest BCUT2D eigenvalue weighted by Crippen LogP contribution is -2.47. The summed E-state index contributed by atoms with van der Waals surface area (Å²) in [7, 11) is 0. The third-order valence-corrected chi connectivity index (χ3v) is 4.99. The Morgan fingerprint density at radius 1 is 1.28 bits per heavy atom. The van der Waals surface area contributed by atoms with Crippen LogP contribution < -0.4 is 11.1 Å². The van der Waals surface area contributed by atoms with Crippen LogP contribution >= 0.6 is 0 Å². The van der Waals surface area contributed by atoms with Crippen LogP contribution in [0.5, 0.6) is 0 Å². The van der Waals surface area contributed by atoms with Crippen molar-refractivity contribution in [1.29, 1.82) is 5.26 Å². The first-order valence-corrected chi connectivity index (χ1v) is 9.39. The van der Waals surface area contributed by atoms with Crippen LogP contribution in [-0.2, 0) is 10.3 Å². The number of aryl methyl sites for hydroxylation is 1. The number of anilines is 1. The number of amidine groups is 1. The Balaban J connectivity index is 2.07. The number of nitrogens with two attached hydrogens (primary N) is 1. The number of hydrogen-bond acceptors (Lipinski definition) is 6. The van der Waals surface area contributed by atoms with Gasteiger partial charge in [-0.05, 0) is 55.2 Å². The molecular weight excluding hydrogens is 416 g/mol. The molecule has 0 aliphatic carbocycles. The number of benzene rings is 1. The van der Waals surface area contributed by atoms with E-state index in [0.29, 0.717) is 22.4 Å². The summed E-state index contributed by atoms with van der Waals surface area (Å²) in [6, 6.07) is 9.40. The van der Waals surface area contributed by atoms with E-state index in [1.807, 2.05) is 6.07 Å². The van der Waals surface area contributed by atoms with E-state index in [2.05, 4.69) is 27.1 Å². The molecule has 0 bridgehead atoms. The predicted octanol–water partition coefficient (Wildman–Crippen LogP) is 2.92. The normalized spacial score (nSPS) is 21.4. The van der Waals surface area contributed by atoms with E-state index in [-0.39, 0.29) is 11.7 Å². The van der Waals surface area contributed by atoms with Gasteiger partial charge in [-0.1, -0.05) is 12.0 Å². The van der Waals surface area contributed by atoms with Crippen LogP contribution in [-0.4, -0.2) is 23.0 Å². The number of aliphatic imine (C=N–C) groups is 1. The zero-order chi connectivity index (χ0) is 23.3. The van der Waals surface area contributed by atoms with Crippen molar-refractivity contribution in [3.8, 4) is 30.3 Å². The maximum atomic E-state index is 13.3. The standard InChI is InChI=1S/C23H17F2N5O2/c1-14-3-5-17(29-21(31)20-6-4-16(12-26)13-28-20)11-19(14)23(8-10-25)18(7-9-24)15(2)32-22(27)30-23/h3-6,11,13,15,18H,1-2H3,(H2,27,30)(H,29,31). The smallest absolute Gasteiger partial charge is 0.284 e. The minimum Gasteiger partial charge on any atom is -0.461 e. The summed E-state index contributed by atoms with van der Waals surface area (Å²) in [5.41, 5.74) is 5.88. The Bertz CT molecular complexity index is 1250. The number of ether oxygens (including phenoxy) is 1. The maximum Gasteiger partial charge on any atom is 0.284 e. The summed E-state index contributed by atoms with van der Waals surface area (Å²) in [5, 5.41) is 11.5. The average molecular weight is 433 g/mol. The predicted molar refractivity (Wildman–Crippen MR) is 113 cm³/mol. The molecule has 3 N–H and O–H groups in total. The first-order valence-electron chi connectivity index (χ1n) is 9.39. The third kappa shape index (κ3) is 4.21. The number of nitrogens with one attached hydrogen (secondary N) is 1. The lowest BCUT2D eigenvalue weighted by Gasteiger charge is -2.38. The summed E-state index contributed by atoms with van der Waals surface area (Å²) in [5.74, 6) is 3.23. The summed E-state index contributed by atoms with van der Waals surface area (Å²) < 4.78 is 31.7. The number of hydrogen-bond donors (Lipinski definition) is 2. The molecule has 0 spiro atoms. The van der Waals surface area contributed by atoms with Crippen molar-refractivity contribution < 1.29 is 18.3 Å². The Labute approximate surface area is 183 Å². The molecule has 1 aliphatic heterocycles. The van der Waals surface area contributed by atoms with Crippen molar-refractivity contribution >= 4 is 17.6 Å². The molecule has 0 fully saturated rings. The molecule has 1 aromatic heterocycles. The zero-order valence-electron chi connectivity index (χ0n) is 17.1. The topological polar surface area (TPSA) is 113 Å². The van der Waals surface area contributed by atoms with Crippen LogP contribution in [0, 0.1) is 48.4 Å². The molecule has 9 heteroatoms. The second kappa shape index (κ2) is 9.16. The van der Waals surface area contributed by atoms with Crippen LogP contribution in [0.15, 0.2) is 41.5 Å². The molecule has 3 unspecified atom stereocenters. The molecule has 1 amide bonds. The van der Waals surface area contributed by atoms with Gasteiger partial charge in [-0.15, -0.1) is 8.78 Å². The van der Waals surface area contributed by atoms with E-state index in [1.54, 1.807) is 32.0 Å². The van der Waals surface area contributed by atoms with Crippen LogP contribution in [0.3, 0.4) is 0 Å². The highest BCUT2D eigenvalue weighted by Gasteiger charge is 2.47. The molecule has 0 radical (unpaired) electrons. The summed E-state index contributed by atoms with van der Waals surface area (Å²) in [6.07, 6.45) is 3.22. The second-order valence-corrected chi connectivity index (χ2v) is 7.00. The molecule has 3 atom stereocenters. The van der Waals surface area contributed by atoms with E-state index < -0.39 is 23.5 Å². The van der Waals surface area contributed by atoms with Crippen molar-refractivity contribution in [3.63, 3.8) is 0 Å². The monoisotopic (exact) mass is 433 g/mol. The Hall–Kier alpha value is -4.42. The second-order valence-electron chi connectivity index (χ2n) is 7.00. The molecule has 2 heterocycles. The number of carbonyl (C=O) groups is 1. The van der Waals surface area contributed by atoms with Crippen molar-refractivity contribution in [2.75, 3.05) is 5.32 Å². The summed E-state index contributed by atoms with van der Waals surface area (Å²) in [6.45, 7) is 3.33. The van der Waals surface area contributed by atoms with Gasteiger partial charge in [-0.25, -0.2) is 9.98 Å². The quantitative estimate of drug-likeness (QED) is 0.723. The average Bonchev–Trinajstić information content (AvgIpc) is 2.77. The first kappa shape index (κ1) is 22.3. The van der Waals surface area contributed by atoms with E-state index in [9.17, 15) is 13.6 Å². The van der Waals surface area contributed by atoms with Gasteiger partial charge in [-0.2, -0.15) is 5.26 Å². The number of rotatable bonds is 3. The highest BCUT2D eigenvalue weighted by molar-refractivity contribution is 6.03. The molecule has 1 aliphatic rings. The highest BCUT2D eigenvalue weighted by atomic mass is 19.1. The fourth-order valence-corrected chi connectivity index (χ4v) is 3.52. The van der Waals surface area contributed by atoms with Crippen LogP contribution in [0.2, 0.25) is 0 Å². The van der Waals surface area contributed by atoms with Crippen molar-refractivity contribution in [3.05, 3.63) is 58.9 Å². The molecule has 7 nitrogen and oxygen atoms in total. The van der Waals surface area contributed by atoms with E-state index >= 15 is 0 Å². The van der Waals surface area contributed by atoms with Crippen molar-refractivity contribution in [1.82, 2.24) is 4.98 Å². The van der Waals surface area contributed by atoms with Crippen LogP contribution in [0.1, 0.15) is 34.1 Å². The Morgan fingerprint density at radius 3 is 2.69 bits per heavy atom. The molecule has 0 saturated heterocycles. The summed E-state index contributed by atoms with van der Waals surface area (Å²) >= 11 is 0. The fraction of sp³-hybridized carbons (Fsp3) is 0.217. The SMILES string of the molecule is Cc1ccc(NC(=O)c2ccc(C#N)cn2)cc1C1(C#CF)N=C(N)OC(C)C1C#CF. The van der Waals surface area contributed by atoms with Crippen LogP contribution in [0.4, 0.5) is 14.5 Å². The Morgan fingerprint density at radius 2 is 2.06 bits per heavy atom. The van der Waals surface area contributed by atoms with E-state index in [4.69, 9.17) is 15.7 Å². The first-order chi connectivity index (χ1) is 15.3. The zero-order valence-corrected chi connectivity index (χ0v) is 17.1. The number of amides is 1. The number of carbonyl (C=O) groups excluding carboxylic acids is 1. The molecule has 2 aromatic rings. The van der Waals surface area contributed by atoms with Gasteiger partial charge in [0.05, 0.1) is 5.56 Å². The molecule has 1 aromatic carbocycles. The minimum absolute atomic E-state index is 0.0903. The van der Waals surface area contributed by atoms with E-state index in [0.717, 1.165) is 0 Å². The third-order valence-electron chi connectivity index (χ3n) is 4.99. The van der Waals surface area contributed by atoms with Gasteiger partial charge in [0, 0.05) is 11.9 Å². The maximum absolute atomic E-state index is 13.3. The number of halogens is 2. The highest BCUT2D eigenvalue weighted by Crippen LogP contribution is 2.41. The molecular formula is C23H17F2N5O2. The fourth-order valence-electron chi connectivity index (χ4n) is 3.52. The van der Waals surface area contributed by atoms with Gasteiger partial charge in [0.15, 0.2) is 5.54 Å². The number of nitriles is 1. The van der Waals surface area contributed by atoms with Crippen LogP contribution in [0.25, 0.3) is 0 Å². The van der Waals surface area contributed by atoms with Gasteiger partial charge >= 0.3 is 0 Å². The van der Waals surface area contributed by atoms with Gasteiger partial charge < -0.3 is 15.8 Å². The molecule has 3 rings (SSSR count). The number of nitrogens with zero attached hydrogens (tertiary/aromatic N) is 3. The van der Waals surface area contributed by atoms with Gasteiger partial charge in [0.25, 0.3) is 11.9 Å². The van der Waals surface area contributed by atoms with Gasteiger partial charge in [0.2, 0.25) is 0 Å². The number of pyridine rings is 1. The van der Waals surface area contributed by atoms with Gasteiger partial charge in [0.1, 0.15) is 36.1 Å². The largest absolute Gasteiger partial charge is 0.461 e. The minimum atomic E-state index is -1.66. The van der Waals surface area contributed by atoms with Crippen molar-refractivity contribution in [2.24, 2.45) is 16.6 Å². The summed E-state index contributed by atoms with van der Waals surface area (Å²) in [4.78, 5) is 20.7.